The number of hydrogen-bond acceptors (Lipinski definition) is 5. The van der Waals surface area contributed by atoms with E-state index in [4.69, 9.17) is 4.74 Å². The number of aromatic nitrogens is 1. The fourth-order valence-electron chi connectivity index (χ4n) is 1.93. The van der Waals surface area contributed by atoms with Crippen molar-refractivity contribution in [2.45, 2.75) is 26.2 Å². The van der Waals surface area contributed by atoms with Crippen molar-refractivity contribution < 1.29 is 14.3 Å². The van der Waals surface area contributed by atoms with Crippen molar-refractivity contribution in [1.29, 1.82) is 0 Å². The smallest absolute Gasteiger partial charge is 0.319 e. The highest BCUT2D eigenvalue weighted by atomic mass is 32.1. The normalized spacial score (nSPS) is 10.4. The molecule has 0 aliphatic carbocycles. The van der Waals surface area contributed by atoms with Gasteiger partial charge in [-0.1, -0.05) is 13.8 Å². The lowest BCUT2D eigenvalue weighted by Crippen LogP contribution is -2.31. The Morgan fingerprint density at radius 2 is 1.92 bits per heavy atom. The number of urea groups is 1. The summed E-state index contributed by atoms with van der Waals surface area (Å²) in [5, 5.41) is 10.6. The zero-order valence-corrected chi connectivity index (χ0v) is 15.3. The zero-order chi connectivity index (χ0) is 18.2. The molecule has 0 spiro atoms. The third kappa shape index (κ3) is 6.07. The maximum atomic E-state index is 11.9. The lowest BCUT2D eigenvalue weighted by Gasteiger charge is -2.08. The molecular weight excluding hydrogens is 340 g/mol. The SMILES string of the molecule is COc1ccc(NC(=O)NCCC(=O)Nc2nc(C(C)C)cs2)cc1. The number of methoxy groups -OCH3 is 1. The molecule has 1 aromatic heterocycles. The van der Waals surface area contributed by atoms with Gasteiger partial charge in [-0.25, -0.2) is 9.78 Å². The van der Waals surface area contributed by atoms with Gasteiger partial charge in [0.05, 0.1) is 12.8 Å². The molecule has 0 aliphatic heterocycles. The predicted molar refractivity (Wildman–Crippen MR) is 99.5 cm³/mol. The molecule has 8 heteroatoms. The molecule has 0 saturated carbocycles. The van der Waals surface area contributed by atoms with Gasteiger partial charge in [-0.2, -0.15) is 0 Å². The standard InChI is InChI=1S/C17H22N4O3S/c1-11(2)14-10-25-17(20-14)21-15(22)8-9-18-16(23)19-12-4-6-13(24-3)7-5-12/h4-7,10-11H,8-9H2,1-3H3,(H2,18,19,23)(H,20,21,22). The zero-order valence-electron chi connectivity index (χ0n) is 14.5. The molecule has 0 aliphatic rings. The van der Waals surface area contributed by atoms with Gasteiger partial charge in [-0.05, 0) is 30.2 Å². The molecule has 25 heavy (non-hydrogen) atoms. The summed E-state index contributed by atoms with van der Waals surface area (Å²) in [6, 6.07) is 6.61. The summed E-state index contributed by atoms with van der Waals surface area (Å²) >= 11 is 1.40. The van der Waals surface area contributed by atoms with Gasteiger partial charge in [0.1, 0.15) is 5.75 Å². The van der Waals surface area contributed by atoms with Crippen molar-refractivity contribution in [3.8, 4) is 5.75 Å². The van der Waals surface area contributed by atoms with E-state index in [0.717, 1.165) is 5.69 Å². The molecule has 3 N–H and O–H groups in total. The third-order valence-corrected chi connectivity index (χ3v) is 4.12. The van der Waals surface area contributed by atoms with E-state index in [0.29, 0.717) is 22.5 Å². The first-order valence-corrected chi connectivity index (χ1v) is 8.80. The van der Waals surface area contributed by atoms with Crippen molar-refractivity contribution >= 4 is 34.1 Å². The molecule has 0 unspecified atom stereocenters. The van der Waals surface area contributed by atoms with E-state index in [1.165, 1.54) is 11.3 Å². The summed E-state index contributed by atoms with van der Waals surface area (Å²) in [5.74, 6) is 0.852. The van der Waals surface area contributed by atoms with Crippen LogP contribution < -0.4 is 20.7 Å². The molecule has 134 valence electrons. The second kappa shape index (κ2) is 9.03. The molecule has 1 aromatic carbocycles. The number of hydrogen-bond donors (Lipinski definition) is 3. The molecule has 7 nitrogen and oxygen atoms in total. The van der Waals surface area contributed by atoms with Crippen LogP contribution in [0.3, 0.4) is 0 Å². The quantitative estimate of drug-likeness (QED) is 0.704. The average molecular weight is 362 g/mol. The summed E-state index contributed by atoms with van der Waals surface area (Å²) in [6.45, 7) is 4.33. The van der Waals surface area contributed by atoms with Crippen LogP contribution in [0, 0.1) is 0 Å². The van der Waals surface area contributed by atoms with E-state index >= 15 is 0 Å². The number of nitrogens with one attached hydrogen (secondary N) is 3. The number of amides is 3. The van der Waals surface area contributed by atoms with Crippen LogP contribution in [-0.4, -0.2) is 30.6 Å². The van der Waals surface area contributed by atoms with Crippen molar-refractivity contribution in [2.24, 2.45) is 0 Å². The van der Waals surface area contributed by atoms with Crippen LogP contribution in [0.25, 0.3) is 0 Å². The van der Waals surface area contributed by atoms with Gasteiger partial charge in [0.25, 0.3) is 0 Å². The van der Waals surface area contributed by atoms with Gasteiger partial charge < -0.3 is 20.7 Å². The van der Waals surface area contributed by atoms with E-state index in [-0.39, 0.29) is 24.9 Å². The average Bonchev–Trinajstić information content (AvgIpc) is 3.04. The van der Waals surface area contributed by atoms with Gasteiger partial charge in [0.15, 0.2) is 5.13 Å². The summed E-state index contributed by atoms with van der Waals surface area (Å²) in [5.41, 5.74) is 1.60. The fourth-order valence-corrected chi connectivity index (χ4v) is 2.82. The highest BCUT2D eigenvalue weighted by Crippen LogP contribution is 2.21. The summed E-state index contributed by atoms with van der Waals surface area (Å²) < 4.78 is 5.05. The molecule has 3 amide bonds. The molecule has 2 aromatic rings. The number of nitrogens with zero attached hydrogens (tertiary/aromatic N) is 1. The molecule has 0 radical (unpaired) electrons. The van der Waals surface area contributed by atoms with Crippen LogP contribution in [0.4, 0.5) is 15.6 Å². The van der Waals surface area contributed by atoms with Crippen molar-refractivity contribution in [2.75, 3.05) is 24.3 Å². The molecule has 0 fully saturated rings. The van der Waals surface area contributed by atoms with Crippen molar-refractivity contribution in [3.63, 3.8) is 0 Å². The molecule has 2 rings (SSSR count). The van der Waals surface area contributed by atoms with Gasteiger partial charge in [-0.3, -0.25) is 4.79 Å². The molecule has 1 heterocycles. The second-order valence-corrected chi connectivity index (χ2v) is 6.50. The lowest BCUT2D eigenvalue weighted by atomic mass is 10.2. The number of rotatable bonds is 7. The molecule has 0 atom stereocenters. The monoisotopic (exact) mass is 362 g/mol. The summed E-state index contributed by atoms with van der Waals surface area (Å²) in [4.78, 5) is 28.0. The van der Waals surface area contributed by atoms with Gasteiger partial charge in [0.2, 0.25) is 5.91 Å². The second-order valence-electron chi connectivity index (χ2n) is 5.64. The maximum Gasteiger partial charge on any atom is 0.319 e. The summed E-state index contributed by atoms with van der Waals surface area (Å²) in [7, 11) is 1.58. The minimum atomic E-state index is -0.366. The van der Waals surface area contributed by atoms with E-state index in [1.54, 1.807) is 31.4 Å². The Balaban J connectivity index is 1.69. The number of benzene rings is 1. The number of carbonyl (C=O) groups is 2. The minimum absolute atomic E-state index is 0.173. The topological polar surface area (TPSA) is 92.4 Å². The lowest BCUT2D eigenvalue weighted by molar-refractivity contribution is -0.116. The Morgan fingerprint density at radius 1 is 1.20 bits per heavy atom. The number of anilines is 2. The summed E-state index contributed by atoms with van der Waals surface area (Å²) in [6.07, 6.45) is 0.173. The Hall–Kier alpha value is -2.61. The van der Waals surface area contributed by atoms with Crippen LogP contribution in [-0.2, 0) is 4.79 Å². The van der Waals surface area contributed by atoms with Gasteiger partial charge >= 0.3 is 6.03 Å². The first-order chi connectivity index (χ1) is 12.0. The van der Waals surface area contributed by atoms with Crippen LogP contribution >= 0.6 is 11.3 Å². The van der Waals surface area contributed by atoms with E-state index in [2.05, 4.69) is 20.9 Å². The van der Waals surface area contributed by atoms with Crippen LogP contribution in [0.1, 0.15) is 31.9 Å². The molecular formula is C17H22N4O3S. The Labute approximate surface area is 150 Å². The highest BCUT2D eigenvalue weighted by molar-refractivity contribution is 7.13. The van der Waals surface area contributed by atoms with Gasteiger partial charge in [0, 0.05) is 24.0 Å². The molecule has 0 saturated heterocycles. The van der Waals surface area contributed by atoms with Crippen molar-refractivity contribution in [1.82, 2.24) is 10.3 Å². The Bertz CT molecular complexity index is 713. The van der Waals surface area contributed by atoms with Crippen LogP contribution in [0.2, 0.25) is 0 Å². The van der Waals surface area contributed by atoms with Crippen molar-refractivity contribution in [3.05, 3.63) is 35.3 Å². The highest BCUT2D eigenvalue weighted by Gasteiger charge is 2.09. The van der Waals surface area contributed by atoms with E-state index in [1.807, 2.05) is 19.2 Å². The largest absolute Gasteiger partial charge is 0.497 e. The molecule has 0 bridgehead atoms. The fraction of sp³-hybridized carbons (Fsp3) is 0.353. The maximum absolute atomic E-state index is 11.9. The third-order valence-electron chi connectivity index (χ3n) is 3.35. The minimum Gasteiger partial charge on any atom is -0.497 e. The number of carbonyl (C=O) groups excluding carboxylic acids is 2. The van der Waals surface area contributed by atoms with E-state index in [9.17, 15) is 9.59 Å². The Morgan fingerprint density at radius 3 is 2.52 bits per heavy atom. The first-order valence-electron chi connectivity index (χ1n) is 7.92. The van der Waals surface area contributed by atoms with Gasteiger partial charge in [-0.15, -0.1) is 11.3 Å². The first kappa shape index (κ1) is 18.7. The predicted octanol–water partition coefficient (Wildman–Crippen LogP) is 3.43. The van der Waals surface area contributed by atoms with Crippen LogP contribution in [0.15, 0.2) is 29.6 Å². The van der Waals surface area contributed by atoms with E-state index < -0.39 is 0 Å². The Kier molecular flexibility index (Phi) is 6.76. The van der Waals surface area contributed by atoms with Crippen LogP contribution in [0.5, 0.6) is 5.75 Å². The number of thiazole rings is 1. The number of ether oxygens (including phenoxy) is 1.